The van der Waals surface area contributed by atoms with Gasteiger partial charge in [0.25, 0.3) is 5.69 Å². The molecule has 0 spiro atoms. The number of halogens is 1. The first-order chi connectivity index (χ1) is 9.42. The minimum absolute atomic E-state index is 0.0909. The highest BCUT2D eigenvalue weighted by molar-refractivity contribution is 5.91. The quantitative estimate of drug-likeness (QED) is 0.593. The first-order valence-corrected chi connectivity index (χ1v) is 6.37. The Morgan fingerprint density at radius 3 is 2.75 bits per heavy atom. The van der Waals surface area contributed by atoms with E-state index < -0.39 is 16.4 Å². The molecule has 1 rings (SSSR count). The standard InChI is InChI=1S/C13H18FN3O3/c1-9(4-5-15)2-3-13(18)16-11-6-10(14)7-12(8-11)17(19)20/h6-9H,2-5,15H2,1H3,(H,16,18). The highest BCUT2D eigenvalue weighted by Gasteiger charge is 2.12. The molecule has 0 saturated heterocycles. The van der Waals surface area contributed by atoms with E-state index in [1.54, 1.807) is 0 Å². The van der Waals surface area contributed by atoms with Crippen LogP contribution < -0.4 is 11.1 Å². The maximum Gasteiger partial charge on any atom is 0.274 e. The molecular weight excluding hydrogens is 265 g/mol. The molecule has 0 bridgehead atoms. The lowest BCUT2D eigenvalue weighted by atomic mass is 10.0. The van der Waals surface area contributed by atoms with Crippen molar-refractivity contribution in [3.05, 3.63) is 34.1 Å². The molecule has 3 N–H and O–H groups in total. The van der Waals surface area contributed by atoms with Gasteiger partial charge >= 0.3 is 0 Å². The molecule has 1 atom stereocenters. The van der Waals surface area contributed by atoms with Crippen LogP contribution in [0.25, 0.3) is 0 Å². The molecule has 0 heterocycles. The number of hydrogen-bond donors (Lipinski definition) is 2. The van der Waals surface area contributed by atoms with Gasteiger partial charge in [0, 0.05) is 12.5 Å². The maximum atomic E-state index is 13.2. The monoisotopic (exact) mass is 283 g/mol. The minimum Gasteiger partial charge on any atom is -0.330 e. The number of hydrogen-bond acceptors (Lipinski definition) is 4. The van der Waals surface area contributed by atoms with E-state index in [0.29, 0.717) is 18.9 Å². The Morgan fingerprint density at radius 2 is 2.15 bits per heavy atom. The molecule has 7 heteroatoms. The second-order valence-corrected chi connectivity index (χ2v) is 4.72. The highest BCUT2D eigenvalue weighted by Crippen LogP contribution is 2.20. The number of carbonyl (C=O) groups excluding carboxylic acids is 1. The average molecular weight is 283 g/mol. The predicted molar refractivity (Wildman–Crippen MR) is 73.8 cm³/mol. The molecule has 0 aliphatic carbocycles. The number of rotatable bonds is 7. The molecular formula is C13H18FN3O3. The van der Waals surface area contributed by atoms with E-state index >= 15 is 0 Å². The van der Waals surface area contributed by atoms with E-state index in [0.717, 1.165) is 24.6 Å². The van der Waals surface area contributed by atoms with Crippen LogP contribution >= 0.6 is 0 Å². The molecule has 6 nitrogen and oxygen atoms in total. The molecule has 0 aliphatic heterocycles. The molecule has 20 heavy (non-hydrogen) atoms. The van der Waals surface area contributed by atoms with Gasteiger partial charge in [0.15, 0.2) is 0 Å². The van der Waals surface area contributed by atoms with Crippen molar-refractivity contribution in [2.24, 2.45) is 11.7 Å². The number of nitrogens with zero attached hydrogens (tertiary/aromatic N) is 1. The van der Waals surface area contributed by atoms with Crippen LogP contribution in [0.2, 0.25) is 0 Å². The number of nitro benzene ring substituents is 1. The molecule has 0 radical (unpaired) electrons. The molecule has 0 aromatic heterocycles. The average Bonchev–Trinajstić information content (AvgIpc) is 2.36. The van der Waals surface area contributed by atoms with Crippen LogP contribution in [0.3, 0.4) is 0 Å². The Labute approximate surface area is 116 Å². The number of non-ortho nitro benzene ring substituents is 1. The SMILES string of the molecule is CC(CCN)CCC(=O)Nc1cc(F)cc([N+](=O)[O-])c1. The lowest BCUT2D eigenvalue weighted by Crippen LogP contribution is -2.14. The smallest absolute Gasteiger partial charge is 0.274 e. The third-order valence-electron chi connectivity index (χ3n) is 2.90. The maximum absolute atomic E-state index is 13.2. The summed E-state index contributed by atoms with van der Waals surface area (Å²) in [5.41, 5.74) is 5.11. The Hall–Kier alpha value is -2.02. The first-order valence-electron chi connectivity index (χ1n) is 6.37. The van der Waals surface area contributed by atoms with E-state index in [4.69, 9.17) is 5.73 Å². The van der Waals surface area contributed by atoms with Gasteiger partial charge in [-0.2, -0.15) is 0 Å². The second kappa shape index (κ2) is 7.54. The number of nitro groups is 1. The van der Waals surface area contributed by atoms with E-state index in [2.05, 4.69) is 5.32 Å². The molecule has 0 aliphatic rings. The molecule has 1 amide bonds. The van der Waals surface area contributed by atoms with Crippen molar-refractivity contribution in [2.75, 3.05) is 11.9 Å². The van der Waals surface area contributed by atoms with Gasteiger partial charge in [-0.15, -0.1) is 0 Å². The van der Waals surface area contributed by atoms with Crippen LogP contribution in [0.4, 0.5) is 15.8 Å². The van der Waals surface area contributed by atoms with Crippen LogP contribution in [0.5, 0.6) is 0 Å². The summed E-state index contributed by atoms with van der Waals surface area (Å²) in [5.74, 6) is -0.729. The van der Waals surface area contributed by atoms with E-state index in [1.165, 1.54) is 0 Å². The Bertz CT molecular complexity index is 494. The number of benzene rings is 1. The Balaban J connectivity index is 2.59. The van der Waals surface area contributed by atoms with Gasteiger partial charge in [-0.25, -0.2) is 4.39 Å². The summed E-state index contributed by atoms with van der Waals surface area (Å²) >= 11 is 0. The third-order valence-corrected chi connectivity index (χ3v) is 2.90. The molecule has 0 saturated carbocycles. The van der Waals surface area contributed by atoms with Crippen molar-refractivity contribution in [1.29, 1.82) is 0 Å². The van der Waals surface area contributed by atoms with Gasteiger partial charge in [0.05, 0.1) is 16.7 Å². The fraction of sp³-hybridized carbons (Fsp3) is 0.462. The summed E-state index contributed by atoms with van der Waals surface area (Å²) in [6.45, 7) is 2.56. The zero-order valence-corrected chi connectivity index (χ0v) is 11.3. The van der Waals surface area contributed by atoms with Crippen molar-refractivity contribution >= 4 is 17.3 Å². The van der Waals surface area contributed by atoms with Crippen LogP contribution in [0, 0.1) is 21.8 Å². The molecule has 1 aromatic rings. The fourth-order valence-corrected chi connectivity index (χ4v) is 1.78. The van der Waals surface area contributed by atoms with Crippen molar-refractivity contribution in [3.8, 4) is 0 Å². The largest absolute Gasteiger partial charge is 0.330 e. The number of nitrogens with one attached hydrogen (secondary N) is 1. The summed E-state index contributed by atoms with van der Waals surface area (Å²) in [5, 5.41) is 13.1. The predicted octanol–water partition coefficient (Wildman–Crippen LogP) is 2.44. The lowest BCUT2D eigenvalue weighted by Gasteiger charge is -2.10. The summed E-state index contributed by atoms with van der Waals surface area (Å²) in [6, 6.07) is 2.98. The number of carbonyl (C=O) groups is 1. The van der Waals surface area contributed by atoms with Crippen molar-refractivity contribution in [1.82, 2.24) is 0 Å². The number of nitrogens with two attached hydrogens (primary N) is 1. The van der Waals surface area contributed by atoms with Crippen LogP contribution in [-0.2, 0) is 4.79 Å². The molecule has 0 fully saturated rings. The summed E-state index contributed by atoms with van der Waals surface area (Å²) in [6.07, 6.45) is 1.77. The zero-order valence-electron chi connectivity index (χ0n) is 11.3. The van der Waals surface area contributed by atoms with Crippen LogP contribution in [-0.4, -0.2) is 17.4 Å². The summed E-state index contributed by atoms with van der Waals surface area (Å²) < 4.78 is 13.2. The molecule has 1 aromatic carbocycles. The molecule has 110 valence electrons. The van der Waals surface area contributed by atoms with E-state index in [9.17, 15) is 19.3 Å². The third kappa shape index (κ3) is 5.31. The zero-order chi connectivity index (χ0) is 15.1. The van der Waals surface area contributed by atoms with E-state index in [1.807, 2.05) is 6.92 Å². The topological polar surface area (TPSA) is 98.3 Å². The Kier molecular flexibility index (Phi) is 6.05. The summed E-state index contributed by atoms with van der Waals surface area (Å²) in [7, 11) is 0. The highest BCUT2D eigenvalue weighted by atomic mass is 19.1. The molecule has 1 unspecified atom stereocenters. The van der Waals surface area contributed by atoms with E-state index in [-0.39, 0.29) is 18.0 Å². The van der Waals surface area contributed by atoms with Crippen molar-refractivity contribution < 1.29 is 14.1 Å². The normalized spacial score (nSPS) is 11.9. The summed E-state index contributed by atoms with van der Waals surface area (Å²) in [4.78, 5) is 21.6. The lowest BCUT2D eigenvalue weighted by molar-refractivity contribution is -0.385. The van der Waals surface area contributed by atoms with Crippen molar-refractivity contribution in [2.45, 2.75) is 26.2 Å². The van der Waals surface area contributed by atoms with Gasteiger partial charge < -0.3 is 11.1 Å². The van der Waals surface area contributed by atoms with Crippen molar-refractivity contribution in [3.63, 3.8) is 0 Å². The van der Waals surface area contributed by atoms with Crippen LogP contribution in [0.15, 0.2) is 18.2 Å². The number of amides is 1. The van der Waals surface area contributed by atoms with Gasteiger partial charge in [-0.1, -0.05) is 6.92 Å². The van der Waals surface area contributed by atoms with Crippen LogP contribution in [0.1, 0.15) is 26.2 Å². The second-order valence-electron chi connectivity index (χ2n) is 4.72. The fourth-order valence-electron chi connectivity index (χ4n) is 1.78. The van der Waals surface area contributed by atoms with Gasteiger partial charge in [-0.3, -0.25) is 14.9 Å². The van der Waals surface area contributed by atoms with Gasteiger partial charge in [0.1, 0.15) is 5.82 Å². The Morgan fingerprint density at radius 1 is 1.45 bits per heavy atom. The van der Waals surface area contributed by atoms with Gasteiger partial charge in [-0.05, 0) is 31.4 Å². The van der Waals surface area contributed by atoms with Gasteiger partial charge in [0.2, 0.25) is 5.91 Å². The number of anilines is 1. The minimum atomic E-state index is -0.758. The first kappa shape index (κ1) is 16.0.